The van der Waals surface area contributed by atoms with Gasteiger partial charge in [-0.05, 0) is 47.6 Å². The van der Waals surface area contributed by atoms with E-state index in [1.807, 2.05) is 54.6 Å². The fourth-order valence-corrected chi connectivity index (χ4v) is 5.14. The molecule has 8 nitrogen and oxygen atoms in total. The first-order chi connectivity index (χ1) is 19.9. The molecule has 0 spiro atoms. The number of alkyl carbamates (subject to hydrolysis) is 1. The molecular formula is C33H38N2O6. The van der Waals surface area contributed by atoms with Gasteiger partial charge in [0.25, 0.3) is 0 Å². The van der Waals surface area contributed by atoms with Gasteiger partial charge in [0, 0.05) is 18.9 Å². The van der Waals surface area contributed by atoms with E-state index in [1.165, 1.54) is 0 Å². The minimum absolute atomic E-state index is 0.0895. The monoisotopic (exact) mass is 558 g/mol. The largest absolute Gasteiger partial charge is 0.481 e. The number of nitrogens with one attached hydrogen (secondary N) is 2. The van der Waals surface area contributed by atoms with Crippen LogP contribution >= 0.6 is 0 Å². The Morgan fingerprint density at radius 1 is 0.829 bits per heavy atom. The van der Waals surface area contributed by atoms with Gasteiger partial charge in [-0.3, -0.25) is 9.59 Å². The number of hydrogen-bond donors (Lipinski definition) is 3. The van der Waals surface area contributed by atoms with Crippen molar-refractivity contribution >= 4 is 18.0 Å². The molecule has 0 saturated carbocycles. The Morgan fingerprint density at radius 2 is 1.44 bits per heavy atom. The lowest BCUT2D eigenvalue weighted by atomic mass is 9.98. The molecule has 0 aromatic heterocycles. The molecule has 0 radical (unpaired) electrons. The lowest BCUT2D eigenvalue weighted by molar-refractivity contribution is -0.137. The molecule has 0 bridgehead atoms. The molecule has 3 N–H and O–H groups in total. The Labute approximate surface area is 241 Å². The van der Waals surface area contributed by atoms with Crippen molar-refractivity contribution in [2.24, 2.45) is 0 Å². The van der Waals surface area contributed by atoms with E-state index in [0.717, 1.165) is 40.7 Å². The molecule has 2 amide bonds. The first-order valence-electron chi connectivity index (χ1n) is 14.2. The number of carboxylic acid groups (broad SMARTS) is 1. The van der Waals surface area contributed by atoms with E-state index >= 15 is 0 Å². The van der Waals surface area contributed by atoms with E-state index in [-0.39, 0.29) is 24.9 Å². The van der Waals surface area contributed by atoms with Crippen LogP contribution in [0.1, 0.15) is 61.6 Å². The van der Waals surface area contributed by atoms with Crippen molar-refractivity contribution in [3.63, 3.8) is 0 Å². The fraction of sp³-hybridized carbons (Fsp3) is 0.364. The van der Waals surface area contributed by atoms with Crippen molar-refractivity contribution in [3.8, 4) is 11.1 Å². The van der Waals surface area contributed by atoms with Gasteiger partial charge in [0.05, 0.1) is 12.7 Å². The van der Waals surface area contributed by atoms with Crippen molar-refractivity contribution in [1.29, 1.82) is 0 Å². The van der Waals surface area contributed by atoms with Gasteiger partial charge in [-0.1, -0.05) is 91.7 Å². The van der Waals surface area contributed by atoms with Gasteiger partial charge in [-0.15, -0.1) is 0 Å². The number of unbranched alkanes of at least 4 members (excludes halogenated alkanes) is 3. The fourth-order valence-electron chi connectivity index (χ4n) is 5.14. The molecule has 0 aliphatic heterocycles. The minimum Gasteiger partial charge on any atom is -0.481 e. The van der Waals surface area contributed by atoms with Gasteiger partial charge in [0.15, 0.2) is 0 Å². The standard InChI is InChI=1S/C33H38N2O6/c1-23(40-21-24-13-5-4-6-14-24)31(32(38)34-20-12-3-2-7-19-30(36)37)35-33(39)41-22-29-27-17-10-8-15-25(27)26-16-9-11-18-28(26)29/h4-6,8-11,13-18,23,29,31H,2-3,7,12,19-22H2,1H3,(H,34,38)(H,35,39)(H,36,37). The molecule has 3 aromatic carbocycles. The van der Waals surface area contributed by atoms with Crippen LogP contribution in [-0.2, 0) is 25.7 Å². The number of carboxylic acids is 1. The molecule has 2 unspecified atom stereocenters. The Balaban J connectivity index is 1.34. The predicted molar refractivity (Wildman–Crippen MR) is 156 cm³/mol. The van der Waals surface area contributed by atoms with Crippen molar-refractivity contribution in [3.05, 3.63) is 95.6 Å². The van der Waals surface area contributed by atoms with E-state index in [1.54, 1.807) is 6.92 Å². The summed E-state index contributed by atoms with van der Waals surface area (Å²) in [5, 5.41) is 14.4. The highest BCUT2D eigenvalue weighted by atomic mass is 16.5. The average Bonchev–Trinajstić information content (AvgIpc) is 3.31. The molecule has 216 valence electrons. The maximum atomic E-state index is 13.2. The average molecular weight is 559 g/mol. The predicted octanol–water partition coefficient (Wildman–Crippen LogP) is 5.65. The van der Waals surface area contributed by atoms with Gasteiger partial charge in [0.2, 0.25) is 5.91 Å². The van der Waals surface area contributed by atoms with E-state index in [2.05, 4.69) is 34.9 Å². The summed E-state index contributed by atoms with van der Waals surface area (Å²) in [5.41, 5.74) is 5.46. The topological polar surface area (TPSA) is 114 Å². The van der Waals surface area contributed by atoms with Gasteiger partial charge in [-0.25, -0.2) is 4.79 Å². The summed E-state index contributed by atoms with van der Waals surface area (Å²) in [6.07, 6.45) is 1.75. The van der Waals surface area contributed by atoms with Gasteiger partial charge in [-0.2, -0.15) is 0 Å². The molecule has 41 heavy (non-hydrogen) atoms. The van der Waals surface area contributed by atoms with Crippen LogP contribution in [0.2, 0.25) is 0 Å². The Kier molecular flexibility index (Phi) is 10.9. The normalized spacial score (nSPS) is 13.5. The molecule has 0 saturated heterocycles. The number of rotatable bonds is 15. The second kappa shape index (κ2) is 15.0. The third-order valence-electron chi connectivity index (χ3n) is 7.34. The summed E-state index contributed by atoms with van der Waals surface area (Å²) in [6.45, 7) is 2.61. The zero-order valence-electron chi connectivity index (χ0n) is 23.4. The van der Waals surface area contributed by atoms with E-state index in [0.29, 0.717) is 26.0 Å². The molecule has 8 heteroatoms. The van der Waals surface area contributed by atoms with Crippen molar-refractivity contribution in [2.45, 2.75) is 63.7 Å². The summed E-state index contributed by atoms with van der Waals surface area (Å²) >= 11 is 0. The minimum atomic E-state index is -0.957. The Hall–Kier alpha value is -4.17. The molecule has 1 aliphatic rings. The molecule has 0 fully saturated rings. The van der Waals surface area contributed by atoms with Crippen LogP contribution < -0.4 is 10.6 Å². The van der Waals surface area contributed by atoms with E-state index in [4.69, 9.17) is 14.6 Å². The number of benzene rings is 3. The number of carbonyl (C=O) groups excluding carboxylic acids is 2. The molecule has 1 aliphatic carbocycles. The molecule has 0 heterocycles. The summed E-state index contributed by atoms with van der Waals surface area (Å²) in [4.78, 5) is 36.8. The van der Waals surface area contributed by atoms with Gasteiger partial charge >= 0.3 is 12.1 Å². The van der Waals surface area contributed by atoms with Crippen LogP contribution in [0, 0.1) is 0 Å². The highest BCUT2D eigenvalue weighted by molar-refractivity contribution is 5.86. The van der Waals surface area contributed by atoms with E-state index in [9.17, 15) is 14.4 Å². The second-order valence-corrected chi connectivity index (χ2v) is 10.3. The summed E-state index contributed by atoms with van der Waals surface area (Å²) in [6, 6.07) is 24.9. The number of carbonyl (C=O) groups is 3. The highest BCUT2D eigenvalue weighted by Gasteiger charge is 2.31. The number of fused-ring (bicyclic) bond motifs is 3. The van der Waals surface area contributed by atoms with E-state index < -0.39 is 24.2 Å². The van der Waals surface area contributed by atoms with Crippen molar-refractivity contribution in [2.75, 3.05) is 13.2 Å². The van der Waals surface area contributed by atoms with Crippen molar-refractivity contribution < 1.29 is 29.0 Å². The maximum Gasteiger partial charge on any atom is 0.407 e. The zero-order chi connectivity index (χ0) is 29.0. The summed E-state index contributed by atoms with van der Waals surface area (Å²) in [5.74, 6) is -1.25. The number of hydrogen-bond acceptors (Lipinski definition) is 5. The number of amides is 2. The van der Waals surface area contributed by atoms with Gasteiger partial charge in [0.1, 0.15) is 12.6 Å². The second-order valence-electron chi connectivity index (χ2n) is 10.3. The lowest BCUT2D eigenvalue weighted by Crippen LogP contribution is -2.53. The van der Waals surface area contributed by atoms with Crippen LogP contribution in [0.5, 0.6) is 0 Å². The summed E-state index contributed by atoms with van der Waals surface area (Å²) < 4.78 is 11.7. The van der Waals surface area contributed by atoms with Crippen LogP contribution in [0.25, 0.3) is 11.1 Å². The van der Waals surface area contributed by atoms with Crippen LogP contribution in [-0.4, -0.2) is 48.4 Å². The number of aliphatic carboxylic acids is 1. The first-order valence-corrected chi connectivity index (χ1v) is 14.2. The lowest BCUT2D eigenvalue weighted by Gasteiger charge is -2.25. The Bertz CT molecular complexity index is 1270. The van der Waals surface area contributed by atoms with Crippen LogP contribution in [0.3, 0.4) is 0 Å². The van der Waals surface area contributed by atoms with Crippen molar-refractivity contribution in [1.82, 2.24) is 10.6 Å². The van der Waals surface area contributed by atoms with Crippen LogP contribution in [0.15, 0.2) is 78.9 Å². The highest BCUT2D eigenvalue weighted by Crippen LogP contribution is 2.44. The van der Waals surface area contributed by atoms with Crippen LogP contribution in [0.4, 0.5) is 4.79 Å². The molecule has 4 rings (SSSR count). The first kappa shape index (κ1) is 29.8. The maximum absolute atomic E-state index is 13.2. The molecule has 2 atom stereocenters. The molecule has 3 aromatic rings. The third kappa shape index (κ3) is 8.41. The SMILES string of the molecule is CC(OCc1ccccc1)C(NC(=O)OCC1c2ccccc2-c2ccccc21)C(=O)NCCCCCCC(=O)O. The number of ether oxygens (including phenoxy) is 2. The third-order valence-corrected chi connectivity index (χ3v) is 7.34. The van der Waals surface area contributed by atoms with Gasteiger partial charge < -0.3 is 25.2 Å². The smallest absolute Gasteiger partial charge is 0.407 e. The zero-order valence-corrected chi connectivity index (χ0v) is 23.4. The quantitative estimate of drug-likeness (QED) is 0.208. The molecular weight excluding hydrogens is 520 g/mol. The summed E-state index contributed by atoms with van der Waals surface area (Å²) in [7, 11) is 0. The Morgan fingerprint density at radius 3 is 2.10 bits per heavy atom.